The molecule has 2 amide bonds. The minimum Gasteiger partial charge on any atom is -0.344 e. The molecule has 1 aliphatic carbocycles. The lowest BCUT2D eigenvalue weighted by Gasteiger charge is -2.37. The average Bonchev–Trinajstić information content (AvgIpc) is 2.77. The first-order chi connectivity index (χ1) is 14.7. The van der Waals surface area contributed by atoms with E-state index in [-0.39, 0.29) is 41.6 Å². The van der Waals surface area contributed by atoms with Crippen LogP contribution >= 0.6 is 0 Å². The molecule has 0 bridgehead atoms. The molecule has 1 atom stereocenters. The average molecular weight is 450 g/mol. The number of hydrogen-bond donors (Lipinski definition) is 1. The van der Waals surface area contributed by atoms with E-state index in [4.69, 9.17) is 0 Å². The lowest BCUT2D eigenvalue weighted by Crippen LogP contribution is -2.57. The summed E-state index contributed by atoms with van der Waals surface area (Å²) in [7, 11) is -3.57. The maximum atomic E-state index is 13.2. The maximum Gasteiger partial charge on any atom is 0.245 e. The van der Waals surface area contributed by atoms with Gasteiger partial charge in [0.15, 0.2) is 0 Å². The molecule has 8 heteroatoms. The number of sulfonamides is 1. The van der Waals surface area contributed by atoms with E-state index in [0.29, 0.717) is 13.1 Å². The number of carbonyl (C=O) groups excluding carboxylic acids is 2. The molecule has 0 unspecified atom stereocenters. The summed E-state index contributed by atoms with van der Waals surface area (Å²) in [5.41, 5.74) is 1.00. The second-order valence-electron chi connectivity index (χ2n) is 9.11. The van der Waals surface area contributed by atoms with Crippen molar-refractivity contribution in [1.82, 2.24) is 14.5 Å². The maximum absolute atomic E-state index is 13.2. The van der Waals surface area contributed by atoms with Gasteiger partial charge in [0.2, 0.25) is 21.8 Å². The summed E-state index contributed by atoms with van der Waals surface area (Å²) >= 11 is 0. The SMILES string of the molecule is Cc1ccc(S(=O)(=O)N2CCN(C(=O)[C@H](NC(=O)C3CCCCC3)C(C)C)CC2)cc1. The van der Waals surface area contributed by atoms with Crippen LogP contribution in [0, 0.1) is 18.8 Å². The fourth-order valence-electron chi connectivity index (χ4n) is 4.35. The smallest absolute Gasteiger partial charge is 0.245 e. The van der Waals surface area contributed by atoms with E-state index in [1.807, 2.05) is 20.8 Å². The van der Waals surface area contributed by atoms with Crippen molar-refractivity contribution < 1.29 is 18.0 Å². The Bertz CT molecular complexity index is 869. The van der Waals surface area contributed by atoms with Gasteiger partial charge in [-0.3, -0.25) is 9.59 Å². The van der Waals surface area contributed by atoms with Gasteiger partial charge in [-0.05, 0) is 37.8 Å². The molecule has 2 fully saturated rings. The van der Waals surface area contributed by atoms with Crippen LogP contribution in [-0.2, 0) is 19.6 Å². The predicted octanol–water partition coefficient (Wildman–Crippen LogP) is 2.55. The third kappa shape index (κ3) is 5.66. The first-order valence-corrected chi connectivity index (χ1v) is 12.8. The zero-order chi connectivity index (χ0) is 22.6. The Morgan fingerprint density at radius 2 is 1.55 bits per heavy atom. The van der Waals surface area contributed by atoms with Crippen molar-refractivity contribution in [1.29, 1.82) is 0 Å². The fraction of sp³-hybridized carbons (Fsp3) is 0.652. The lowest BCUT2D eigenvalue weighted by molar-refractivity contribution is -0.139. The molecule has 0 aromatic heterocycles. The molecule has 0 spiro atoms. The van der Waals surface area contributed by atoms with Gasteiger partial charge in [0.25, 0.3) is 0 Å². The van der Waals surface area contributed by atoms with E-state index < -0.39 is 16.1 Å². The predicted molar refractivity (Wildman–Crippen MR) is 120 cm³/mol. The van der Waals surface area contributed by atoms with E-state index in [9.17, 15) is 18.0 Å². The van der Waals surface area contributed by atoms with Gasteiger partial charge < -0.3 is 10.2 Å². The van der Waals surface area contributed by atoms with Crippen LogP contribution in [0.25, 0.3) is 0 Å². The van der Waals surface area contributed by atoms with Gasteiger partial charge >= 0.3 is 0 Å². The van der Waals surface area contributed by atoms with Crippen LogP contribution in [0.2, 0.25) is 0 Å². The van der Waals surface area contributed by atoms with Gasteiger partial charge in [-0.15, -0.1) is 0 Å². The molecule has 0 radical (unpaired) electrons. The second kappa shape index (κ2) is 10.1. The molecular formula is C23H35N3O4S. The van der Waals surface area contributed by atoms with Crippen LogP contribution in [0.15, 0.2) is 29.2 Å². The molecule has 172 valence electrons. The fourth-order valence-corrected chi connectivity index (χ4v) is 5.78. The van der Waals surface area contributed by atoms with Gasteiger partial charge in [-0.25, -0.2) is 8.42 Å². The summed E-state index contributed by atoms with van der Waals surface area (Å²) in [4.78, 5) is 27.8. The number of carbonyl (C=O) groups is 2. The van der Waals surface area contributed by atoms with Crippen LogP contribution in [0.1, 0.15) is 51.5 Å². The molecule has 7 nitrogen and oxygen atoms in total. The van der Waals surface area contributed by atoms with Gasteiger partial charge in [-0.1, -0.05) is 50.8 Å². The van der Waals surface area contributed by atoms with E-state index >= 15 is 0 Å². The Morgan fingerprint density at radius 3 is 2.10 bits per heavy atom. The Kier molecular flexibility index (Phi) is 7.75. The zero-order valence-electron chi connectivity index (χ0n) is 18.8. The quantitative estimate of drug-likeness (QED) is 0.723. The van der Waals surface area contributed by atoms with Crippen molar-refractivity contribution in [3.05, 3.63) is 29.8 Å². The highest BCUT2D eigenvalue weighted by atomic mass is 32.2. The van der Waals surface area contributed by atoms with Gasteiger partial charge in [-0.2, -0.15) is 4.31 Å². The third-order valence-electron chi connectivity index (χ3n) is 6.42. The molecule has 1 aliphatic heterocycles. The van der Waals surface area contributed by atoms with Crippen LogP contribution in [0.3, 0.4) is 0 Å². The number of rotatable bonds is 6. The summed E-state index contributed by atoms with van der Waals surface area (Å²) < 4.78 is 27.2. The Labute approximate surface area is 186 Å². The summed E-state index contributed by atoms with van der Waals surface area (Å²) in [6.07, 6.45) is 5.08. The minimum atomic E-state index is -3.57. The molecule has 1 aromatic carbocycles. The summed E-state index contributed by atoms with van der Waals surface area (Å²) in [6, 6.07) is 6.24. The highest BCUT2D eigenvalue weighted by Crippen LogP contribution is 2.24. The molecule has 2 aliphatic rings. The van der Waals surface area contributed by atoms with Gasteiger partial charge in [0, 0.05) is 32.1 Å². The third-order valence-corrected chi connectivity index (χ3v) is 8.33. The molecule has 3 rings (SSSR count). The van der Waals surface area contributed by atoms with Crippen molar-refractivity contribution in [3.63, 3.8) is 0 Å². The highest BCUT2D eigenvalue weighted by molar-refractivity contribution is 7.89. The lowest BCUT2D eigenvalue weighted by atomic mass is 9.88. The Morgan fingerprint density at radius 1 is 0.968 bits per heavy atom. The number of hydrogen-bond acceptors (Lipinski definition) is 4. The monoisotopic (exact) mass is 449 g/mol. The van der Waals surface area contributed by atoms with Crippen molar-refractivity contribution >= 4 is 21.8 Å². The van der Waals surface area contributed by atoms with Gasteiger partial charge in [0.1, 0.15) is 6.04 Å². The van der Waals surface area contributed by atoms with Crippen molar-refractivity contribution in [2.24, 2.45) is 11.8 Å². The second-order valence-corrected chi connectivity index (χ2v) is 11.0. The van der Waals surface area contributed by atoms with Crippen LogP contribution < -0.4 is 5.32 Å². The molecular weight excluding hydrogens is 414 g/mol. The first-order valence-electron chi connectivity index (χ1n) is 11.4. The summed E-state index contributed by atoms with van der Waals surface area (Å²) in [6.45, 7) is 6.94. The Hall–Kier alpha value is -1.93. The normalized spacial score (nSPS) is 19.9. The standard InChI is InChI=1S/C23H35N3O4S/c1-17(2)21(24-22(27)19-7-5-4-6-8-19)23(28)25-13-15-26(16-14-25)31(29,30)20-11-9-18(3)10-12-20/h9-12,17,19,21H,4-8,13-16H2,1-3H3,(H,24,27)/t21-/m1/s1. The van der Waals surface area contributed by atoms with Gasteiger partial charge in [0.05, 0.1) is 4.90 Å². The van der Waals surface area contributed by atoms with Crippen molar-refractivity contribution in [2.75, 3.05) is 26.2 Å². The van der Waals surface area contributed by atoms with Crippen LogP contribution in [0.5, 0.6) is 0 Å². The number of aryl methyl sites for hydroxylation is 1. The van der Waals surface area contributed by atoms with E-state index in [1.165, 1.54) is 10.7 Å². The summed E-state index contributed by atoms with van der Waals surface area (Å²) in [5.74, 6) is -0.174. The zero-order valence-corrected chi connectivity index (χ0v) is 19.7. The van der Waals surface area contributed by atoms with Crippen molar-refractivity contribution in [2.45, 2.75) is 63.8 Å². The van der Waals surface area contributed by atoms with Crippen LogP contribution in [-0.4, -0.2) is 61.7 Å². The summed E-state index contributed by atoms with van der Waals surface area (Å²) in [5, 5.41) is 2.99. The first kappa shape index (κ1) is 23.7. The highest BCUT2D eigenvalue weighted by Gasteiger charge is 2.35. The topological polar surface area (TPSA) is 86.8 Å². The minimum absolute atomic E-state index is 0.000649. The van der Waals surface area contributed by atoms with E-state index in [1.54, 1.807) is 29.2 Å². The molecule has 31 heavy (non-hydrogen) atoms. The molecule has 1 heterocycles. The van der Waals surface area contributed by atoms with Crippen molar-refractivity contribution in [3.8, 4) is 0 Å². The Balaban J connectivity index is 1.60. The molecule has 1 saturated carbocycles. The van der Waals surface area contributed by atoms with E-state index in [0.717, 1.165) is 31.2 Å². The largest absolute Gasteiger partial charge is 0.344 e. The number of nitrogens with zero attached hydrogens (tertiary/aromatic N) is 2. The molecule has 1 N–H and O–H groups in total. The van der Waals surface area contributed by atoms with E-state index in [2.05, 4.69) is 5.32 Å². The number of piperazine rings is 1. The molecule has 1 saturated heterocycles. The number of benzene rings is 1. The molecule has 1 aromatic rings. The van der Waals surface area contributed by atoms with Crippen LogP contribution in [0.4, 0.5) is 0 Å². The number of nitrogens with one attached hydrogen (secondary N) is 1. The number of amides is 2.